The third-order valence-electron chi connectivity index (χ3n) is 6.76. The molecule has 39 heavy (non-hydrogen) atoms. The summed E-state index contributed by atoms with van der Waals surface area (Å²) in [7, 11) is 0. The molecule has 200 valence electrons. The molecule has 0 unspecified atom stereocenters. The predicted molar refractivity (Wildman–Crippen MR) is 156 cm³/mol. The second-order valence-electron chi connectivity index (χ2n) is 10.1. The fraction of sp³-hybridized carbons (Fsp3) is 0.281. The molecule has 0 radical (unpaired) electrons. The molecule has 0 saturated carbocycles. The number of hydrogen-bond donors (Lipinski definition) is 1. The number of aromatic amines is 1. The van der Waals surface area contributed by atoms with E-state index in [-0.39, 0.29) is 6.10 Å². The third kappa shape index (κ3) is 6.03. The molecule has 0 bridgehead atoms. The van der Waals surface area contributed by atoms with Gasteiger partial charge in [0.05, 0.1) is 6.10 Å². The van der Waals surface area contributed by atoms with E-state index < -0.39 is 5.76 Å². The van der Waals surface area contributed by atoms with E-state index in [9.17, 15) is 4.79 Å². The minimum Gasteiger partial charge on any atom is -0.491 e. The van der Waals surface area contributed by atoms with Gasteiger partial charge in [0.2, 0.25) is 0 Å². The number of nitrogens with one attached hydrogen (secondary N) is 1. The summed E-state index contributed by atoms with van der Waals surface area (Å²) in [5.74, 6) is 1.75. The Hall–Kier alpha value is -4.39. The maximum atomic E-state index is 11.5. The van der Waals surface area contributed by atoms with Gasteiger partial charge in [0.25, 0.3) is 0 Å². The van der Waals surface area contributed by atoms with Gasteiger partial charge in [-0.3, -0.25) is 9.51 Å². The minimum atomic E-state index is -0.564. The van der Waals surface area contributed by atoms with Crippen LogP contribution in [0, 0.1) is 0 Å². The number of nitrogens with zero attached hydrogens (tertiary/aromatic N) is 3. The molecule has 0 atom stereocenters. The first-order chi connectivity index (χ1) is 18.9. The Morgan fingerprint density at radius 1 is 1.00 bits per heavy atom. The number of aromatic nitrogens is 2. The van der Waals surface area contributed by atoms with E-state index >= 15 is 0 Å². The van der Waals surface area contributed by atoms with E-state index in [1.165, 1.54) is 16.8 Å². The highest BCUT2D eigenvalue weighted by Crippen LogP contribution is 2.32. The molecule has 2 heterocycles. The van der Waals surface area contributed by atoms with Crippen LogP contribution in [0.3, 0.4) is 0 Å². The van der Waals surface area contributed by atoms with Gasteiger partial charge in [-0.05, 0) is 80.1 Å². The molecule has 0 fully saturated rings. The molecule has 1 aromatic heterocycles. The van der Waals surface area contributed by atoms with Gasteiger partial charge in [0.15, 0.2) is 5.82 Å². The first-order valence-corrected chi connectivity index (χ1v) is 13.5. The van der Waals surface area contributed by atoms with Gasteiger partial charge >= 0.3 is 5.76 Å². The molecule has 1 aliphatic rings. The van der Waals surface area contributed by atoms with E-state index in [1.54, 1.807) is 0 Å². The second-order valence-corrected chi connectivity index (χ2v) is 10.1. The highest BCUT2D eigenvalue weighted by atomic mass is 16.5. The zero-order chi connectivity index (χ0) is 27.4. The van der Waals surface area contributed by atoms with Crippen LogP contribution in [-0.2, 0) is 6.42 Å². The first kappa shape index (κ1) is 26.2. The number of allylic oxidation sites excluding steroid dienone is 1. The summed E-state index contributed by atoms with van der Waals surface area (Å²) in [6.45, 7) is 9.15. The second kappa shape index (κ2) is 11.6. The van der Waals surface area contributed by atoms with Gasteiger partial charge in [0.1, 0.15) is 11.6 Å². The fourth-order valence-corrected chi connectivity index (χ4v) is 4.95. The van der Waals surface area contributed by atoms with Gasteiger partial charge in [-0.15, -0.1) is 0 Å². The Morgan fingerprint density at radius 2 is 1.72 bits per heavy atom. The lowest BCUT2D eigenvalue weighted by molar-refractivity contribution is 0.242. The number of amidine groups is 1. The SMILES string of the molecule is CCCC1=C(Cc2ccc(-c3ccccc3-c3noc(=O)[nH]3)cc2)CN(c2ccc(OC(C)C)cc2)C(C)=N1. The molecule has 0 aliphatic carbocycles. The molecule has 0 amide bonds. The van der Waals surface area contributed by atoms with Crippen LogP contribution in [0.2, 0.25) is 0 Å². The van der Waals surface area contributed by atoms with E-state index in [0.717, 1.165) is 59.8 Å². The van der Waals surface area contributed by atoms with Crippen LogP contribution in [0.1, 0.15) is 46.1 Å². The van der Waals surface area contributed by atoms with Crippen molar-refractivity contribution in [2.24, 2.45) is 4.99 Å². The first-order valence-electron chi connectivity index (χ1n) is 13.5. The van der Waals surface area contributed by atoms with Crippen molar-refractivity contribution in [3.63, 3.8) is 0 Å². The zero-order valence-electron chi connectivity index (χ0n) is 22.9. The largest absolute Gasteiger partial charge is 0.491 e. The Labute approximate surface area is 228 Å². The molecule has 1 aliphatic heterocycles. The predicted octanol–water partition coefficient (Wildman–Crippen LogP) is 7.02. The summed E-state index contributed by atoms with van der Waals surface area (Å²) < 4.78 is 10.6. The molecule has 1 N–H and O–H groups in total. The van der Waals surface area contributed by atoms with Crippen molar-refractivity contribution in [2.45, 2.75) is 53.1 Å². The van der Waals surface area contributed by atoms with Crippen molar-refractivity contribution in [1.82, 2.24) is 10.1 Å². The van der Waals surface area contributed by atoms with E-state index in [1.807, 2.05) is 50.2 Å². The molecule has 4 aromatic rings. The molecule has 5 rings (SSSR count). The Bertz CT molecular complexity index is 1540. The van der Waals surface area contributed by atoms with Gasteiger partial charge in [0, 0.05) is 23.5 Å². The number of hydrogen-bond acceptors (Lipinski definition) is 6. The van der Waals surface area contributed by atoms with Crippen molar-refractivity contribution in [2.75, 3.05) is 11.4 Å². The molecule has 0 spiro atoms. The van der Waals surface area contributed by atoms with Crippen molar-refractivity contribution < 1.29 is 9.26 Å². The normalized spacial score (nSPS) is 13.7. The van der Waals surface area contributed by atoms with Crippen LogP contribution in [0.25, 0.3) is 22.5 Å². The maximum absolute atomic E-state index is 11.5. The quantitative estimate of drug-likeness (QED) is 0.255. The molecular weight excluding hydrogens is 488 g/mol. The number of rotatable bonds is 9. The summed E-state index contributed by atoms with van der Waals surface area (Å²) in [5.41, 5.74) is 7.70. The van der Waals surface area contributed by atoms with Gasteiger partial charge in [-0.25, -0.2) is 9.79 Å². The van der Waals surface area contributed by atoms with Gasteiger partial charge in [-0.1, -0.05) is 67.0 Å². The van der Waals surface area contributed by atoms with Crippen LogP contribution >= 0.6 is 0 Å². The Morgan fingerprint density at radius 3 is 2.36 bits per heavy atom. The van der Waals surface area contributed by atoms with Crippen molar-refractivity contribution in [3.05, 3.63) is 100 Å². The lowest BCUT2D eigenvalue weighted by atomic mass is 9.95. The average molecular weight is 523 g/mol. The fourth-order valence-electron chi connectivity index (χ4n) is 4.95. The highest BCUT2D eigenvalue weighted by molar-refractivity contribution is 5.98. The number of anilines is 1. The monoisotopic (exact) mass is 522 g/mol. The van der Waals surface area contributed by atoms with Gasteiger partial charge in [-0.2, -0.15) is 0 Å². The van der Waals surface area contributed by atoms with E-state index in [4.69, 9.17) is 14.3 Å². The number of aliphatic imine (C=N–C) groups is 1. The summed E-state index contributed by atoms with van der Waals surface area (Å²) in [6, 6.07) is 24.7. The molecule has 7 nitrogen and oxygen atoms in total. The Kier molecular flexibility index (Phi) is 7.77. The van der Waals surface area contributed by atoms with Crippen molar-refractivity contribution >= 4 is 11.5 Å². The average Bonchev–Trinajstić information content (AvgIpc) is 3.37. The molecule has 7 heteroatoms. The molecule has 0 saturated heterocycles. The van der Waals surface area contributed by atoms with Crippen LogP contribution in [-0.4, -0.2) is 28.6 Å². The number of H-pyrrole nitrogens is 1. The highest BCUT2D eigenvalue weighted by Gasteiger charge is 2.21. The maximum Gasteiger partial charge on any atom is 0.439 e. The summed E-state index contributed by atoms with van der Waals surface area (Å²) in [5, 5.41) is 3.88. The molecular formula is C32H34N4O3. The lowest BCUT2D eigenvalue weighted by Crippen LogP contribution is -2.34. The van der Waals surface area contributed by atoms with Crippen LogP contribution in [0.4, 0.5) is 5.69 Å². The number of benzene rings is 3. The minimum absolute atomic E-state index is 0.145. The smallest absolute Gasteiger partial charge is 0.439 e. The van der Waals surface area contributed by atoms with Crippen LogP contribution in [0.5, 0.6) is 5.75 Å². The van der Waals surface area contributed by atoms with Crippen LogP contribution < -0.4 is 15.4 Å². The van der Waals surface area contributed by atoms with Crippen molar-refractivity contribution in [1.29, 1.82) is 0 Å². The molecule has 3 aromatic carbocycles. The van der Waals surface area contributed by atoms with E-state index in [2.05, 4.69) is 65.3 Å². The van der Waals surface area contributed by atoms with Gasteiger partial charge < -0.3 is 9.64 Å². The van der Waals surface area contributed by atoms with Crippen LogP contribution in [0.15, 0.2) is 98.4 Å². The summed E-state index contributed by atoms with van der Waals surface area (Å²) in [4.78, 5) is 21.5. The zero-order valence-corrected chi connectivity index (χ0v) is 22.9. The van der Waals surface area contributed by atoms with E-state index in [0.29, 0.717) is 5.82 Å². The lowest BCUT2D eigenvalue weighted by Gasteiger charge is -2.31. The number of ether oxygens (including phenoxy) is 1. The Balaban J connectivity index is 1.38. The summed E-state index contributed by atoms with van der Waals surface area (Å²) in [6.07, 6.45) is 2.99. The topological polar surface area (TPSA) is 83.7 Å². The third-order valence-corrected chi connectivity index (χ3v) is 6.76. The standard InChI is InChI=1S/C32H34N4O3/c1-5-8-30-25(20-36(22(4)33-30)26-15-17-27(18-16-26)38-21(2)3)19-23-11-13-24(14-12-23)28-9-6-7-10-29(28)31-34-32(37)39-35-31/h6-7,9-18,21H,5,8,19-20H2,1-4H3,(H,34,35,37). The summed E-state index contributed by atoms with van der Waals surface area (Å²) >= 11 is 0. The van der Waals surface area contributed by atoms with Crippen molar-refractivity contribution in [3.8, 4) is 28.3 Å².